The third-order valence-electron chi connectivity index (χ3n) is 3.45. The van der Waals surface area contributed by atoms with E-state index in [0.29, 0.717) is 19.4 Å². The molecule has 1 atom stereocenters. The van der Waals surface area contributed by atoms with E-state index in [1.165, 1.54) is 0 Å². The van der Waals surface area contributed by atoms with Crippen LogP contribution >= 0.6 is 15.9 Å². The zero-order chi connectivity index (χ0) is 14.7. The minimum Gasteiger partial charge on any atom is -0.300 e. The van der Waals surface area contributed by atoms with Crippen LogP contribution in [-0.2, 0) is 29.1 Å². The summed E-state index contributed by atoms with van der Waals surface area (Å²) in [6.07, 6.45) is 1.79. The molecule has 0 aromatic carbocycles. The van der Waals surface area contributed by atoms with Gasteiger partial charge in [-0.3, -0.25) is 19.6 Å². The van der Waals surface area contributed by atoms with E-state index < -0.39 is 0 Å². The van der Waals surface area contributed by atoms with E-state index in [0.717, 1.165) is 28.8 Å². The smallest absolute Gasteiger partial charge is 0.243 e. The largest absolute Gasteiger partial charge is 0.300 e. The lowest BCUT2D eigenvalue weighted by atomic mass is 10.1. The normalized spacial score (nSPS) is 19.2. The molecule has 0 aliphatic carbocycles. The molecule has 1 aromatic heterocycles. The van der Waals surface area contributed by atoms with Crippen LogP contribution in [0, 0.1) is 0 Å². The zero-order valence-corrected chi connectivity index (χ0v) is 13.3. The summed E-state index contributed by atoms with van der Waals surface area (Å²) in [5.74, 6) is -0.434. The topological polar surface area (TPSA) is 76.0 Å². The molecule has 7 heteroatoms. The van der Waals surface area contributed by atoms with Gasteiger partial charge in [0.25, 0.3) is 0 Å². The fourth-order valence-corrected chi connectivity index (χ4v) is 3.00. The Morgan fingerprint density at radius 1 is 1.45 bits per heavy atom. The summed E-state index contributed by atoms with van der Waals surface area (Å²) >= 11 is 3.57. The molecular formula is C13H19BrN4O2. The van der Waals surface area contributed by atoms with E-state index in [4.69, 9.17) is 0 Å². The fourth-order valence-electron chi connectivity index (χ4n) is 2.29. The van der Waals surface area contributed by atoms with Crippen LogP contribution in [-0.4, -0.2) is 27.6 Å². The van der Waals surface area contributed by atoms with Crippen LogP contribution in [0.1, 0.15) is 38.1 Å². The second-order valence-corrected chi connectivity index (χ2v) is 5.55. The Bertz CT molecular complexity index is 527. The number of hydrogen-bond acceptors (Lipinski definition) is 4. The molecule has 0 bridgehead atoms. The van der Waals surface area contributed by atoms with E-state index in [2.05, 4.69) is 38.6 Å². The molecule has 1 unspecified atom stereocenters. The van der Waals surface area contributed by atoms with Crippen LogP contribution in [0.25, 0.3) is 0 Å². The van der Waals surface area contributed by atoms with Crippen LogP contribution in [0.4, 0.5) is 0 Å². The van der Waals surface area contributed by atoms with Crippen molar-refractivity contribution in [3.63, 3.8) is 0 Å². The molecule has 2 heterocycles. The average molecular weight is 343 g/mol. The van der Waals surface area contributed by atoms with Gasteiger partial charge < -0.3 is 5.32 Å². The number of nitrogens with zero attached hydrogens (tertiary/aromatic N) is 2. The lowest BCUT2D eigenvalue weighted by Crippen LogP contribution is -2.50. The summed E-state index contributed by atoms with van der Waals surface area (Å²) in [5, 5.41) is 10.1. The molecule has 2 rings (SSSR count). The molecular weight excluding hydrogens is 324 g/mol. The quantitative estimate of drug-likeness (QED) is 0.786. The minimum atomic E-state index is -0.315. The maximum absolute atomic E-state index is 11.7. The summed E-state index contributed by atoms with van der Waals surface area (Å²) in [6.45, 7) is 5.43. The Hall–Kier alpha value is -1.21. The molecule has 1 aliphatic rings. The molecule has 0 radical (unpaired) electrons. The van der Waals surface area contributed by atoms with Gasteiger partial charge in [0.2, 0.25) is 11.8 Å². The molecule has 0 spiro atoms. The van der Waals surface area contributed by atoms with Crippen molar-refractivity contribution in [3.05, 3.63) is 15.9 Å². The van der Waals surface area contributed by atoms with Gasteiger partial charge in [-0.25, -0.2) is 0 Å². The molecule has 2 amide bonds. The van der Waals surface area contributed by atoms with E-state index >= 15 is 0 Å². The van der Waals surface area contributed by atoms with Crippen LogP contribution in [0.2, 0.25) is 0 Å². The molecule has 1 aromatic rings. The molecule has 1 fully saturated rings. The van der Waals surface area contributed by atoms with Crippen LogP contribution in [0.15, 0.2) is 4.47 Å². The number of amides is 2. The first-order chi connectivity index (χ1) is 9.56. The van der Waals surface area contributed by atoms with Gasteiger partial charge >= 0.3 is 0 Å². The predicted octanol–water partition coefficient (Wildman–Crippen LogP) is 1.12. The van der Waals surface area contributed by atoms with Crippen LogP contribution in [0.3, 0.4) is 0 Å². The van der Waals surface area contributed by atoms with Gasteiger partial charge in [0, 0.05) is 19.5 Å². The predicted molar refractivity (Wildman–Crippen MR) is 78.0 cm³/mol. The number of aromatic nitrogens is 2. The van der Waals surface area contributed by atoms with Gasteiger partial charge in [-0.1, -0.05) is 6.92 Å². The molecule has 110 valence electrons. The van der Waals surface area contributed by atoms with E-state index in [1.54, 1.807) is 0 Å². The second-order valence-electron chi connectivity index (χ2n) is 4.76. The molecule has 2 N–H and O–H groups in total. The lowest BCUT2D eigenvalue weighted by molar-refractivity contribution is -0.134. The number of rotatable bonds is 5. The van der Waals surface area contributed by atoms with Crippen LogP contribution in [0.5, 0.6) is 0 Å². The number of piperidine rings is 1. The first-order valence-corrected chi connectivity index (χ1v) is 7.67. The standard InChI is InChI=1S/C13H19BrN4O2/c1-3-8-12(14)10(18(4-2)17-8)7-15-9-5-6-11(19)16-13(9)20/h9,15H,3-7H2,1-2H3,(H,16,19,20). The van der Waals surface area contributed by atoms with Gasteiger partial charge in [0.05, 0.1) is 21.9 Å². The molecule has 20 heavy (non-hydrogen) atoms. The van der Waals surface area contributed by atoms with Gasteiger partial charge in [-0.2, -0.15) is 5.10 Å². The number of nitrogens with one attached hydrogen (secondary N) is 2. The average Bonchev–Trinajstić information content (AvgIpc) is 2.74. The number of imide groups is 1. The zero-order valence-electron chi connectivity index (χ0n) is 11.7. The third-order valence-corrected chi connectivity index (χ3v) is 4.36. The van der Waals surface area contributed by atoms with E-state index in [1.807, 2.05) is 11.6 Å². The summed E-state index contributed by atoms with van der Waals surface area (Å²) in [7, 11) is 0. The van der Waals surface area contributed by atoms with Crippen molar-refractivity contribution in [2.24, 2.45) is 0 Å². The molecule has 6 nitrogen and oxygen atoms in total. The van der Waals surface area contributed by atoms with Crippen LogP contribution < -0.4 is 10.6 Å². The van der Waals surface area contributed by atoms with Gasteiger partial charge in [-0.05, 0) is 35.7 Å². The van der Waals surface area contributed by atoms with Crippen molar-refractivity contribution in [2.45, 2.75) is 52.2 Å². The van der Waals surface area contributed by atoms with Crippen molar-refractivity contribution >= 4 is 27.7 Å². The van der Waals surface area contributed by atoms with Crippen molar-refractivity contribution in [3.8, 4) is 0 Å². The highest BCUT2D eigenvalue weighted by molar-refractivity contribution is 9.10. The Morgan fingerprint density at radius 3 is 2.80 bits per heavy atom. The van der Waals surface area contributed by atoms with Crippen molar-refractivity contribution in [1.29, 1.82) is 0 Å². The molecule has 1 saturated heterocycles. The highest BCUT2D eigenvalue weighted by Crippen LogP contribution is 2.22. The fraction of sp³-hybridized carbons (Fsp3) is 0.615. The number of halogens is 1. The Kier molecular flexibility index (Phi) is 4.93. The molecule has 0 saturated carbocycles. The second kappa shape index (κ2) is 6.49. The molecule has 1 aliphatic heterocycles. The van der Waals surface area contributed by atoms with Crippen molar-refractivity contribution in [1.82, 2.24) is 20.4 Å². The first kappa shape index (κ1) is 15.2. The van der Waals surface area contributed by atoms with Gasteiger partial charge in [0.15, 0.2) is 0 Å². The Labute approximate surface area is 126 Å². The summed E-state index contributed by atoms with van der Waals surface area (Å²) in [4.78, 5) is 22.8. The summed E-state index contributed by atoms with van der Waals surface area (Å²) in [6, 6.07) is -0.315. The minimum absolute atomic E-state index is 0.193. The third kappa shape index (κ3) is 3.09. The summed E-state index contributed by atoms with van der Waals surface area (Å²) in [5.41, 5.74) is 2.06. The highest BCUT2D eigenvalue weighted by Gasteiger charge is 2.26. The Morgan fingerprint density at radius 2 is 2.20 bits per heavy atom. The SMILES string of the molecule is CCc1nn(CC)c(CNC2CCC(=O)NC2=O)c1Br. The number of hydrogen-bond donors (Lipinski definition) is 2. The van der Waals surface area contributed by atoms with E-state index in [-0.39, 0.29) is 17.9 Å². The summed E-state index contributed by atoms with van der Waals surface area (Å²) < 4.78 is 2.93. The Balaban J connectivity index is 2.05. The maximum atomic E-state index is 11.7. The first-order valence-electron chi connectivity index (χ1n) is 6.87. The number of carbonyl (C=O) groups excluding carboxylic acids is 2. The maximum Gasteiger partial charge on any atom is 0.243 e. The highest BCUT2D eigenvalue weighted by atomic mass is 79.9. The van der Waals surface area contributed by atoms with Gasteiger partial charge in [0.1, 0.15) is 0 Å². The van der Waals surface area contributed by atoms with Gasteiger partial charge in [-0.15, -0.1) is 0 Å². The lowest BCUT2D eigenvalue weighted by Gasteiger charge is -2.22. The van der Waals surface area contributed by atoms with E-state index in [9.17, 15) is 9.59 Å². The monoisotopic (exact) mass is 342 g/mol. The van der Waals surface area contributed by atoms with Crippen molar-refractivity contribution < 1.29 is 9.59 Å². The van der Waals surface area contributed by atoms with Crippen molar-refractivity contribution in [2.75, 3.05) is 0 Å². The number of aryl methyl sites for hydroxylation is 2. The number of carbonyl (C=O) groups is 2.